The molecular weight excluding hydrogens is 494 g/mol. The zero-order chi connectivity index (χ0) is 28.1. The third kappa shape index (κ3) is 4.16. The number of rotatable bonds is 8. The van der Waals surface area contributed by atoms with Crippen molar-refractivity contribution in [3.63, 3.8) is 0 Å². The Morgan fingerprint density at radius 2 is 1.69 bits per heavy atom. The highest BCUT2D eigenvalue weighted by molar-refractivity contribution is 6.05. The number of aryl methyl sites for hydroxylation is 2. The first-order valence-electron chi connectivity index (χ1n) is 14.0. The molecule has 5 rings (SSSR count). The average Bonchev–Trinajstić information content (AvgIpc) is 3.51. The van der Waals surface area contributed by atoms with Gasteiger partial charge in [0.15, 0.2) is 0 Å². The van der Waals surface area contributed by atoms with Crippen LogP contribution in [0.2, 0.25) is 0 Å². The third-order valence-electron chi connectivity index (χ3n) is 9.23. The van der Waals surface area contributed by atoms with Crippen molar-refractivity contribution >= 4 is 29.1 Å². The predicted octanol–water partition coefficient (Wildman–Crippen LogP) is 4.05. The van der Waals surface area contributed by atoms with Gasteiger partial charge < -0.3 is 25.4 Å². The third-order valence-corrected chi connectivity index (χ3v) is 9.23. The van der Waals surface area contributed by atoms with Gasteiger partial charge in [0.25, 0.3) is 0 Å². The van der Waals surface area contributed by atoms with E-state index in [4.69, 9.17) is 4.74 Å². The maximum atomic E-state index is 14.4. The van der Waals surface area contributed by atoms with Crippen LogP contribution >= 0.6 is 0 Å². The summed E-state index contributed by atoms with van der Waals surface area (Å²) < 4.78 is 6.83. The van der Waals surface area contributed by atoms with Gasteiger partial charge >= 0.3 is 0 Å². The number of amides is 3. The lowest BCUT2D eigenvalue weighted by atomic mass is 9.65. The van der Waals surface area contributed by atoms with Gasteiger partial charge in [-0.05, 0) is 62.3 Å². The Labute approximate surface area is 230 Å². The second-order valence-corrected chi connectivity index (χ2v) is 11.7. The number of benzene rings is 2. The highest BCUT2D eigenvalue weighted by Gasteiger charge is 2.79. The van der Waals surface area contributed by atoms with Gasteiger partial charge in [-0.1, -0.05) is 57.2 Å². The van der Waals surface area contributed by atoms with Crippen LogP contribution in [0.3, 0.4) is 0 Å². The summed E-state index contributed by atoms with van der Waals surface area (Å²) in [5.74, 6) is -2.61. The fourth-order valence-electron chi connectivity index (χ4n) is 7.28. The highest BCUT2D eigenvalue weighted by Crippen LogP contribution is 2.64. The normalized spacial score (nSPS) is 30.0. The topological polar surface area (TPSA) is 108 Å². The van der Waals surface area contributed by atoms with Crippen molar-refractivity contribution in [3.8, 4) is 0 Å². The number of nitrogens with one attached hydrogen (secondary N) is 2. The molecular formula is C31H39N3O5. The first-order chi connectivity index (χ1) is 18.6. The predicted molar refractivity (Wildman–Crippen MR) is 149 cm³/mol. The number of anilines is 2. The molecule has 3 aliphatic heterocycles. The van der Waals surface area contributed by atoms with Crippen LogP contribution in [0.5, 0.6) is 0 Å². The van der Waals surface area contributed by atoms with Crippen molar-refractivity contribution in [1.29, 1.82) is 0 Å². The van der Waals surface area contributed by atoms with Crippen LogP contribution in [-0.4, -0.2) is 57.6 Å². The summed E-state index contributed by atoms with van der Waals surface area (Å²) in [5, 5.41) is 16.5. The van der Waals surface area contributed by atoms with Crippen molar-refractivity contribution < 1.29 is 24.2 Å². The first-order valence-corrected chi connectivity index (χ1v) is 14.0. The molecule has 8 heteroatoms. The number of carbonyl (C=O) groups is 3. The van der Waals surface area contributed by atoms with Crippen LogP contribution in [0.4, 0.5) is 11.4 Å². The molecule has 3 heterocycles. The molecule has 0 aliphatic carbocycles. The molecule has 3 N–H and O–H groups in total. The molecule has 2 aromatic rings. The van der Waals surface area contributed by atoms with E-state index in [-0.39, 0.29) is 30.2 Å². The Hall–Kier alpha value is -3.23. The largest absolute Gasteiger partial charge is 0.394 e. The van der Waals surface area contributed by atoms with E-state index in [1.54, 1.807) is 0 Å². The molecule has 39 heavy (non-hydrogen) atoms. The fourth-order valence-corrected chi connectivity index (χ4v) is 7.28. The van der Waals surface area contributed by atoms with E-state index in [0.717, 1.165) is 11.1 Å². The van der Waals surface area contributed by atoms with Crippen LogP contribution in [0.25, 0.3) is 0 Å². The summed E-state index contributed by atoms with van der Waals surface area (Å²) in [7, 11) is 0. The number of nitrogens with zero attached hydrogens (tertiary/aromatic N) is 1. The summed E-state index contributed by atoms with van der Waals surface area (Å²) in [5.41, 5.74) is 1.18. The number of aliphatic hydroxyl groups excluding tert-OH is 1. The van der Waals surface area contributed by atoms with Gasteiger partial charge in [0, 0.05) is 11.4 Å². The molecule has 1 spiro atoms. The number of hydrogen-bond donors (Lipinski definition) is 3. The van der Waals surface area contributed by atoms with E-state index >= 15 is 0 Å². The number of aliphatic hydroxyl groups is 1. The Kier molecular flexibility index (Phi) is 7.06. The average molecular weight is 534 g/mol. The second-order valence-electron chi connectivity index (χ2n) is 11.7. The zero-order valence-corrected chi connectivity index (χ0v) is 23.4. The molecule has 208 valence electrons. The monoisotopic (exact) mass is 533 g/mol. The van der Waals surface area contributed by atoms with Gasteiger partial charge in [-0.15, -0.1) is 0 Å². The van der Waals surface area contributed by atoms with Crippen molar-refractivity contribution in [3.05, 3.63) is 59.7 Å². The van der Waals surface area contributed by atoms with Crippen LogP contribution in [-0.2, 0) is 19.1 Å². The van der Waals surface area contributed by atoms with Gasteiger partial charge in [-0.3, -0.25) is 14.4 Å². The smallest absolute Gasteiger partial charge is 0.250 e. The molecule has 6 atom stereocenters. The number of fused-ring (bicyclic) bond motifs is 1. The molecule has 2 aromatic carbocycles. The van der Waals surface area contributed by atoms with Crippen LogP contribution < -0.4 is 10.6 Å². The molecule has 0 aromatic heterocycles. The Balaban J connectivity index is 1.59. The lowest BCUT2D eigenvalue weighted by Gasteiger charge is -2.38. The molecule has 0 radical (unpaired) electrons. The summed E-state index contributed by atoms with van der Waals surface area (Å²) in [4.78, 5) is 44.0. The van der Waals surface area contributed by atoms with Gasteiger partial charge in [0.1, 0.15) is 11.6 Å². The second kappa shape index (κ2) is 10.1. The number of likely N-dealkylation sites (tertiary alicyclic amines) is 1. The first kappa shape index (κ1) is 27.3. The molecule has 0 saturated carbocycles. The van der Waals surface area contributed by atoms with E-state index < -0.39 is 35.1 Å². The standard InChI is InChI=1S/C31H39N3O5/c1-6-30-15-16-31(39-30)24(23(30)27(36)32-21-13-8-7-9-14-21)29(38)34(22(17-35)18(2)3)26(31)28(37)33-25-19(4)11-10-12-20(25)5/h7-14,18,22-24,26,35H,6,15-17H2,1-5H3,(H,32,36)(H,33,37)/t22-,23+,24-,26?,30-,31?/m0/s1. The van der Waals surface area contributed by atoms with E-state index in [1.807, 2.05) is 83.1 Å². The van der Waals surface area contributed by atoms with E-state index in [0.29, 0.717) is 30.6 Å². The number of carbonyl (C=O) groups excluding carboxylic acids is 3. The van der Waals surface area contributed by atoms with Crippen molar-refractivity contribution in [1.82, 2.24) is 4.90 Å². The summed E-state index contributed by atoms with van der Waals surface area (Å²) in [6, 6.07) is 13.4. The van der Waals surface area contributed by atoms with Crippen LogP contribution in [0.15, 0.2) is 48.5 Å². The minimum absolute atomic E-state index is 0.112. The lowest BCUT2D eigenvalue weighted by molar-refractivity contribution is -0.149. The van der Waals surface area contributed by atoms with E-state index in [1.165, 1.54) is 4.90 Å². The van der Waals surface area contributed by atoms with Gasteiger partial charge in [0.2, 0.25) is 17.7 Å². The van der Waals surface area contributed by atoms with Gasteiger partial charge in [0.05, 0.1) is 30.1 Å². The van der Waals surface area contributed by atoms with Gasteiger partial charge in [-0.2, -0.15) is 0 Å². The lowest BCUT2D eigenvalue weighted by Crippen LogP contribution is -2.57. The van der Waals surface area contributed by atoms with E-state index in [9.17, 15) is 19.5 Å². The summed E-state index contributed by atoms with van der Waals surface area (Å²) in [6.07, 6.45) is 1.61. The molecule has 3 saturated heterocycles. The maximum absolute atomic E-state index is 14.4. The summed E-state index contributed by atoms with van der Waals surface area (Å²) in [6.45, 7) is 9.39. The molecule has 2 bridgehead atoms. The van der Waals surface area contributed by atoms with Gasteiger partial charge in [-0.25, -0.2) is 0 Å². The zero-order valence-electron chi connectivity index (χ0n) is 23.4. The Morgan fingerprint density at radius 1 is 1.03 bits per heavy atom. The fraction of sp³-hybridized carbons (Fsp3) is 0.516. The molecule has 2 unspecified atom stereocenters. The number of hydrogen-bond acceptors (Lipinski definition) is 5. The van der Waals surface area contributed by atoms with Crippen LogP contribution in [0.1, 0.15) is 51.2 Å². The quantitative estimate of drug-likeness (QED) is 0.475. The maximum Gasteiger partial charge on any atom is 0.250 e. The molecule has 3 aliphatic rings. The minimum Gasteiger partial charge on any atom is -0.394 e. The van der Waals surface area contributed by atoms with Crippen molar-refractivity contribution in [2.45, 2.75) is 77.2 Å². The Bertz CT molecular complexity index is 1260. The highest BCUT2D eigenvalue weighted by atomic mass is 16.5. The SMILES string of the molecule is CC[C@@]12CCC3(O1)C(C(=O)Nc1c(C)cccc1C)N([C@@H](CO)C(C)C)C(=O)[C@@H]3[C@@H]2C(=O)Nc1ccccc1. The van der Waals surface area contributed by atoms with Crippen molar-refractivity contribution in [2.75, 3.05) is 17.2 Å². The van der Waals surface area contributed by atoms with Crippen molar-refractivity contribution in [2.24, 2.45) is 17.8 Å². The molecule has 3 fully saturated rings. The number of ether oxygens (including phenoxy) is 1. The van der Waals surface area contributed by atoms with E-state index in [2.05, 4.69) is 10.6 Å². The van der Waals surface area contributed by atoms with Crippen LogP contribution in [0, 0.1) is 31.6 Å². The molecule has 3 amide bonds. The number of para-hydroxylation sites is 2. The minimum atomic E-state index is -1.16. The Morgan fingerprint density at radius 3 is 2.28 bits per heavy atom. The summed E-state index contributed by atoms with van der Waals surface area (Å²) >= 11 is 0. The molecule has 8 nitrogen and oxygen atoms in total.